The van der Waals surface area contributed by atoms with E-state index in [2.05, 4.69) is 21.2 Å². The van der Waals surface area contributed by atoms with Gasteiger partial charge in [0, 0.05) is 0 Å². The monoisotopic (exact) mass is 285 g/mol. The molecule has 0 spiro atoms. The summed E-state index contributed by atoms with van der Waals surface area (Å²) in [5.74, 6) is -0.648. The third-order valence-electron chi connectivity index (χ3n) is 1.82. The topological polar surface area (TPSA) is 55.4 Å². The number of halogens is 1. The van der Waals surface area contributed by atoms with Crippen molar-refractivity contribution in [3.63, 3.8) is 0 Å². The van der Waals surface area contributed by atoms with E-state index in [9.17, 15) is 9.59 Å². The molecule has 0 aliphatic carbocycles. The first-order valence-corrected chi connectivity index (χ1v) is 5.93. The minimum absolute atomic E-state index is 0.185. The summed E-state index contributed by atoms with van der Waals surface area (Å²) in [7, 11) is 0. The molecule has 0 aliphatic rings. The smallest absolute Gasteiger partial charge is 0.340 e. The zero-order chi connectivity index (χ0) is 12.0. The molecular weight excluding hydrogens is 274 g/mol. The molecule has 0 saturated heterocycles. The third kappa shape index (κ3) is 3.34. The van der Waals surface area contributed by atoms with E-state index in [1.54, 1.807) is 31.2 Å². The lowest BCUT2D eigenvalue weighted by molar-refractivity contribution is -0.113. The summed E-state index contributed by atoms with van der Waals surface area (Å²) < 4.78 is 4.88. The normalized spacial score (nSPS) is 9.62. The third-order valence-corrected chi connectivity index (χ3v) is 2.33. The van der Waals surface area contributed by atoms with Gasteiger partial charge in [-0.2, -0.15) is 0 Å². The number of hydrogen-bond acceptors (Lipinski definition) is 3. The molecule has 16 heavy (non-hydrogen) atoms. The van der Waals surface area contributed by atoms with Crippen molar-refractivity contribution in [2.45, 2.75) is 6.92 Å². The van der Waals surface area contributed by atoms with Crippen LogP contribution in [0.5, 0.6) is 0 Å². The van der Waals surface area contributed by atoms with Gasteiger partial charge < -0.3 is 10.1 Å². The van der Waals surface area contributed by atoms with Gasteiger partial charge in [-0.3, -0.25) is 4.79 Å². The van der Waals surface area contributed by atoms with Gasteiger partial charge in [0.15, 0.2) is 0 Å². The lowest BCUT2D eigenvalue weighted by Gasteiger charge is -2.08. The average molecular weight is 286 g/mol. The summed E-state index contributed by atoms with van der Waals surface area (Å²) in [6.07, 6.45) is 0. The number of carbonyl (C=O) groups excluding carboxylic acids is 2. The molecule has 1 amide bonds. The van der Waals surface area contributed by atoms with Crippen LogP contribution in [0.1, 0.15) is 17.3 Å². The summed E-state index contributed by atoms with van der Waals surface area (Å²) in [5, 5.41) is 2.80. The van der Waals surface area contributed by atoms with Crippen LogP contribution in [-0.4, -0.2) is 23.8 Å². The predicted octanol–water partition coefficient (Wildman–Crippen LogP) is 2.20. The SMILES string of the molecule is CCOC(=O)c1ccccc1NC(=O)CBr. The molecule has 5 heteroatoms. The molecule has 1 rings (SSSR count). The van der Waals surface area contributed by atoms with Crippen LogP contribution in [0.3, 0.4) is 0 Å². The number of hydrogen-bond donors (Lipinski definition) is 1. The van der Waals surface area contributed by atoms with Gasteiger partial charge in [0.05, 0.1) is 23.2 Å². The van der Waals surface area contributed by atoms with Gasteiger partial charge in [0.2, 0.25) is 5.91 Å². The zero-order valence-electron chi connectivity index (χ0n) is 8.83. The Kier molecular flexibility index (Phi) is 4.98. The fourth-order valence-electron chi connectivity index (χ4n) is 1.16. The summed E-state index contributed by atoms with van der Waals surface area (Å²) in [6, 6.07) is 6.73. The average Bonchev–Trinajstić information content (AvgIpc) is 2.30. The number of rotatable bonds is 4. The Morgan fingerprint density at radius 1 is 1.38 bits per heavy atom. The van der Waals surface area contributed by atoms with Crippen molar-refractivity contribution in [1.82, 2.24) is 0 Å². The van der Waals surface area contributed by atoms with E-state index in [0.717, 1.165) is 0 Å². The molecule has 0 bridgehead atoms. The Morgan fingerprint density at radius 3 is 2.69 bits per heavy atom. The summed E-state index contributed by atoms with van der Waals surface area (Å²) in [4.78, 5) is 22.8. The number of anilines is 1. The van der Waals surface area contributed by atoms with Gasteiger partial charge in [0.25, 0.3) is 0 Å². The van der Waals surface area contributed by atoms with Crippen LogP contribution in [0, 0.1) is 0 Å². The van der Waals surface area contributed by atoms with E-state index in [1.807, 2.05) is 0 Å². The molecule has 4 nitrogen and oxygen atoms in total. The number of carbonyl (C=O) groups is 2. The molecule has 0 unspecified atom stereocenters. The quantitative estimate of drug-likeness (QED) is 0.682. The molecule has 1 aromatic carbocycles. The fraction of sp³-hybridized carbons (Fsp3) is 0.273. The van der Waals surface area contributed by atoms with E-state index in [-0.39, 0.29) is 11.2 Å². The molecule has 0 radical (unpaired) electrons. The van der Waals surface area contributed by atoms with E-state index in [1.165, 1.54) is 0 Å². The van der Waals surface area contributed by atoms with E-state index >= 15 is 0 Å². The maximum Gasteiger partial charge on any atom is 0.340 e. The van der Waals surface area contributed by atoms with Crippen molar-refractivity contribution in [3.8, 4) is 0 Å². The van der Waals surface area contributed by atoms with Gasteiger partial charge in [-0.05, 0) is 19.1 Å². The lowest BCUT2D eigenvalue weighted by Crippen LogP contribution is -2.16. The first-order chi connectivity index (χ1) is 7.69. The molecule has 86 valence electrons. The first kappa shape index (κ1) is 12.7. The van der Waals surface area contributed by atoms with Crippen molar-refractivity contribution in [1.29, 1.82) is 0 Å². The molecule has 1 aromatic rings. The Balaban J connectivity index is 2.91. The van der Waals surface area contributed by atoms with Crippen molar-refractivity contribution < 1.29 is 14.3 Å². The number of benzene rings is 1. The summed E-state index contributed by atoms with van der Waals surface area (Å²) in [5.41, 5.74) is 0.823. The summed E-state index contributed by atoms with van der Waals surface area (Å²) >= 11 is 3.04. The molecule has 1 N–H and O–H groups in total. The number of ether oxygens (including phenoxy) is 1. The van der Waals surface area contributed by atoms with Crippen LogP contribution in [-0.2, 0) is 9.53 Å². The highest BCUT2D eigenvalue weighted by Gasteiger charge is 2.12. The second-order valence-corrected chi connectivity index (χ2v) is 3.51. The summed E-state index contributed by atoms with van der Waals surface area (Å²) in [6.45, 7) is 2.04. The largest absolute Gasteiger partial charge is 0.462 e. The molecule has 0 fully saturated rings. The van der Waals surface area contributed by atoms with Crippen LogP contribution >= 0.6 is 15.9 Å². The van der Waals surface area contributed by atoms with Crippen LogP contribution in [0.2, 0.25) is 0 Å². The van der Waals surface area contributed by atoms with Crippen LogP contribution in [0.4, 0.5) is 5.69 Å². The maximum absolute atomic E-state index is 11.6. The fourth-order valence-corrected chi connectivity index (χ4v) is 1.30. The van der Waals surface area contributed by atoms with Crippen molar-refractivity contribution in [3.05, 3.63) is 29.8 Å². The Bertz CT molecular complexity index is 393. The zero-order valence-corrected chi connectivity index (χ0v) is 10.4. The highest BCUT2D eigenvalue weighted by atomic mass is 79.9. The molecular formula is C11H12BrNO3. The minimum Gasteiger partial charge on any atom is -0.462 e. The number of esters is 1. The van der Waals surface area contributed by atoms with Crippen LogP contribution in [0.15, 0.2) is 24.3 Å². The standard InChI is InChI=1S/C11H12BrNO3/c1-2-16-11(15)8-5-3-4-6-9(8)13-10(14)7-12/h3-6H,2,7H2,1H3,(H,13,14). The molecule has 0 atom stereocenters. The van der Waals surface area contributed by atoms with Crippen LogP contribution in [0.25, 0.3) is 0 Å². The minimum atomic E-state index is -0.437. The van der Waals surface area contributed by atoms with E-state index in [0.29, 0.717) is 17.9 Å². The van der Waals surface area contributed by atoms with Crippen molar-refractivity contribution in [2.24, 2.45) is 0 Å². The van der Waals surface area contributed by atoms with E-state index < -0.39 is 5.97 Å². The number of para-hydroxylation sites is 1. The predicted molar refractivity (Wildman–Crippen MR) is 64.8 cm³/mol. The van der Waals surface area contributed by atoms with Crippen molar-refractivity contribution in [2.75, 3.05) is 17.3 Å². The molecule has 0 heterocycles. The second-order valence-electron chi connectivity index (χ2n) is 2.95. The number of alkyl halides is 1. The van der Waals surface area contributed by atoms with Crippen molar-refractivity contribution >= 4 is 33.5 Å². The van der Waals surface area contributed by atoms with E-state index in [4.69, 9.17) is 4.74 Å². The highest BCUT2D eigenvalue weighted by Crippen LogP contribution is 2.16. The van der Waals surface area contributed by atoms with Gasteiger partial charge in [-0.25, -0.2) is 4.79 Å². The Labute approximate surface area is 102 Å². The number of amides is 1. The molecule has 0 aromatic heterocycles. The molecule has 0 saturated carbocycles. The molecule has 0 aliphatic heterocycles. The highest BCUT2D eigenvalue weighted by molar-refractivity contribution is 9.09. The Hall–Kier alpha value is -1.36. The van der Waals surface area contributed by atoms with Gasteiger partial charge in [-0.15, -0.1) is 0 Å². The Morgan fingerprint density at radius 2 is 2.06 bits per heavy atom. The maximum atomic E-state index is 11.6. The lowest BCUT2D eigenvalue weighted by atomic mass is 10.2. The van der Waals surface area contributed by atoms with Crippen LogP contribution < -0.4 is 5.32 Å². The number of nitrogens with one attached hydrogen (secondary N) is 1. The van der Waals surface area contributed by atoms with Gasteiger partial charge >= 0.3 is 5.97 Å². The first-order valence-electron chi connectivity index (χ1n) is 4.81. The van der Waals surface area contributed by atoms with Gasteiger partial charge in [0.1, 0.15) is 0 Å². The second kappa shape index (κ2) is 6.27. The van der Waals surface area contributed by atoms with Gasteiger partial charge in [-0.1, -0.05) is 28.1 Å².